The first-order valence-corrected chi connectivity index (χ1v) is 7.66. The Labute approximate surface area is 128 Å². The van der Waals surface area contributed by atoms with Crippen molar-refractivity contribution in [3.05, 3.63) is 0 Å². The fourth-order valence-electron chi connectivity index (χ4n) is 3.61. The maximum absolute atomic E-state index is 12.2. The van der Waals surface area contributed by atoms with Crippen LogP contribution in [0.1, 0.15) is 32.1 Å². The molecule has 2 saturated heterocycles. The van der Waals surface area contributed by atoms with Gasteiger partial charge in [0, 0.05) is 25.9 Å². The number of imide groups is 1. The first-order chi connectivity index (χ1) is 10.5. The molecular weight excluding hydrogens is 288 g/mol. The van der Waals surface area contributed by atoms with E-state index in [1.807, 2.05) is 0 Å². The molecule has 0 aromatic heterocycles. The molecule has 2 aliphatic heterocycles. The number of piperidine rings is 1. The lowest BCUT2D eigenvalue weighted by Gasteiger charge is -2.33. The molecule has 0 aromatic carbocycles. The largest absolute Gasteiger partial charge is 0.469 e. The van der Waals surface area contributed by atoms with E-state index in [0.717, 1.165) is 24.2 Å². The maximum atomic E-state index is 12.2. The fraction of sp³-hybridized carbons (Fsp3) is 0.733. The van der Waals surface area contributed by atoms with Crippen LogP contribution in [-0.2, 0) is 23.9 Å². The van der Waals surface area contributed by atoms with E-state index in [1.54, 1.807) is 4.90 Å². The second-order valence-corrected chi connectivity index (χ2v) is 6.40. The number of carbonyl (C=O) groups is 4. The van der Waals surface area contributed by atoms with Crippen molar-refractivity contribution in [2.75, 3.05) is 26.7 Å². The summed E-state index contributed by atoms with van der Waals surface area (Å²) in [5.41, 5.74) is 0.00313. The molecule has 3 rings (SSSR count). The fourth-order valence-corrected chi connectivity index (χ4v) is 3.61. The highest BCUT2D eigenvalue weighted by atomic mass is 16.5. The number of ether oxygens (including phenoxy) is 1. The lowest BCUT2D eigenvalue weighted by Crippen LogP contribution is -2.46. The molecule has 3 fully saturated rings. The smallest absolute Gasteiger partial charge is 0.309 e. The maximum Gasteiger partial charge on any atom is 0.309 e. The van der Waals surface area contributed by atoms with E-state index in [-0.39, 0.29) is 54.4 Å². The second kappa shape index (κ2) is 5.37. The third-order valence-electron chi connectivity index (χ3n) is 5.24. The van der Waals surface area contributed by atoms with Gasteiger partial charge in [0.05, 0.1) is 13.0 Å². The molecule has 0 aromatic rings. The molecule has 1 atom stereocenters. The number of rotatable bonds is 3. The second-order valence-electron chi connectivity index (χ2n) is 6.40. The van der Waals surface area contributed by atoms with Crippen LogP contribution in [0, 0.1) is 11.3 Å². The van der Waals surface area contributed by atoms with Gasteiger partial charge in [-0.05, 0) is 24.7 Å². The minimum Gasteiger partial charge on any atom is -0.469 e. The van der Waals surface area contributed by atoms with Crippen LogP contribution in [0.25, 0.3) is 0 Å². The van der Waals surface area contributed by atoms with Gasteiger partial charge in [-0.1, -0.05) is 0 Å². The molecule has 0 radical (unpaired) electrons. The number of carbonyl (C=O) groups excluding carboxylic acids is 4. The van der Waals surface area contributed by atoms with Crippen molar-refractivity contribution in [3.8, 4) is 0 Å². The average molecular weight is 308 g/mol. The van der Waals surface area contributed by atoms with Gasteiger partial charge in [-0.3, -0.25) is 24.1 Å². The average Bonchev–Trinajstić information content (AvgIpc) is 3.13. The number of nitrogens with zero attached hydrogens (tertiary/aromatic N) is 2. The first kappa shape index (κ1) is 15.0. The standard InChI is InChI=1S/C15H20N2O5/c1-22-14(21)10-8-15(10)4-6-16(7-5-15)13(20)9-17-11(18)2-3-12(17)19/h10H,2-9H2,1H3/t10-/m0/s1. The minimum atomic E-state index is -0.264. The van der Waals surface area contributed by atoms with E-state index >= 15 is 0 Å². The quantitative estimate of drug-likeness (QED) is 0.538. The molecule has 1 aliphatic carbocycles. The molecule has 7 heteroatoms. The van der Waals surface area contributed by atoms with Crippen molar-refractivity contribution >= 4 is 23.7 Å². The predicted octanol–water partition coefficient (Wildman–Crippen LogP) is -0.0629. The molecule has 3 amide bonds. The highest BCUT2D eigenvalue weighted by Gasteiger charge is 2.59. The van der Waals surface area contributed by atoms with Crippen molar-refractivity contribution in [2.24, 2.45) is 11.3 Å². The Hall–Kier alpha value is -1.92. The van der Waals surface area contributed by atoms with Gasteiger partial charge in [0.2, 0.25) is 17.7 Å². The Balaban J connectivity index is 1.52. The Kier molecular flexibility index (Phi) is 3.66. The van der Waals surface area contributed by atoms with Crippen molar-refractivity contribution in [1.82, 2.24) is 9.80 Å². The normalized spacial score (nSPS) is 26.5. The number of methoxy groups -OCH3 is 1. The van der Waals surface area contributed by atoms with Crippen LogP contribution >= 0.6 is 0 Å². The third-order valence-corrected chi connectivity index (χ3v) is 5.24. The summed E-state index contributed by atoms with van der Waals surface area (Å²) >= 11 is 0. The molecule has 1 saturated carbocycles. The molecule has 0 unspecified atom stereocenters. The van der Waals surface area contributed by atoms with E-state index in [9.17, 15) is 19.2 Å². The first-order valence-electron chi connectivity index (χ1n) is 7.66. The molecule has 2 heterocycles. The summed E-state index contributed by atoms with van der Waals surface area (Å²) in [4.78, 5) is 49.7. The van der Waals surface area contributed by atoms with Crippen molar-refractivity contribution in [1.29, 1.82) is 0 Å². The zero-order valence-electron chi connectivity index (χ0n) is 12.7. The number of hydrogen-bond donors (Lipinski definition) is 0. The van der Waals surface area contributed by atoms with Gasteiger partial charge in [-0.15, -0.1) is 0 Å². The van der Waals surface area contributed by atoms with Gasteiger partial charge in [-0.2, -0.15) is 0 Å². The third kappa shape index (κ3) is 2.48. The number of esters is 1. The van der Waals surface area contributed by atoms with Crippen LogP contribution in [-0.4, -0.2) is 60.2 Å². The summed E-state index contributed by atoms with van der Waals surface area (Å²) in [6.45, 7) is 0.996. The molecule has 0 N–H and O–H groups in total. The van der Waals surface area contributed by atoms with E-state index in [4.69, 9.17) is 4.74 Å². The van der Waals surface area contributed by atoms with Gasteiger partial charge >= 0.3 is 5.97 Å². The highest BCUT2D eigenvalue weighted by Crippen LogP contribution is 2.59. The number of likely N-dealkylation sites (tertiary alicyclic amines) is 2. The van der Waals surface area contributed by atoms with Gasteiger partial charge in [0.25, 0.3) is 0 Å². The summed E-state index contributed by atoms with van der Waals surface area (Å²) in [5, 5.41) is 0. The molecular formula is C15H20N2O5. The SMILES string of the molecule is COC(=O)[C@@H]1CC12CCN(C(=O)CN1C(=O)CCC1=O)CC2. The van der Waals surface area contributed by atoms with Crippen molar-refractivity contribution in [2.45, 2.75) is 32.1 Å². The summed E-state index contributed by atoms with van der Waals surface area (Å²) in [6, 6.07) is 0. The van der Waals surface area contributed by atoms with Crippen LogP contribution in [0.15, 0.2) is 0 Å². The zero-order valence-corrected chi connectivity index (χ0v) is 12.7. The molecule has 3 aliphatic rings. The van der Waals surface area contributed by atoms with Crippen molar-refractivity contribution in [3.63, 3.8) is 0 Å². The summed E-state index contributed by atoms with van der Waals surface area (Å²) in [7, 11) is 1.40. The van der Waals surface area contributed by atoms with Gasteiger partial charge in [-0.25, -0.2) is 0 Å². The Morgan fingerprint density at radius 2 is 1.77 bits per heavy atom. The molecule has 0 bridgehead atoms. The predicted molar refractivity (Wildman–Crippen MR) is 74.3 cm³/mol. The minimum absolute atomic E-state index is 0.00313. The van der Waals surface area contributed by atoms with Crippen molar-refractivity contribution < 1.29 is 23.9 Å². The molecule has 22 heavy (non-hydrogen) atoms. The van der Waals surface area contributed by atoms with Gasteiger partial charge in [0.15, 0.2) is 0 Å². The lowest BCUT2D eigenvalue weighted by atomic mass is 9.91. The summed E-state index contributed by atoms with van der Waals surface area (Å²) in [6.07, 6.45) is 2.80. The highest BCUT2D eigenvalue weighted by molar-refractivity contribution is 6.04. The summed E-state index contributed by atoms with van der Waals surface area (Å²) < 4.78 is 4.79. The Bertz CT molecular complexity index is 520. The van der Waals surface area contributed by atoms with E-state index in [2.05, 4.69) is 0 Å². The van der Waals surface area contributed by atoms with Crippen LogP contribution in [0.3, 0.4) is 0 Å². The van der Waals surface area contributed by atoms with Crippen LogP contribution < -0.4 is 0 Å². The van der Waals surface area contributed by atoms with E-state index in [0.29, 0.717) is 13.1 Å². The monoisotopic (exact) mass is 308 g/mol. The Morgan fingerprint density at radius 1 is 1.18 bits per heavy atom. The topological polar surface area (TPSA) is 84.0 Å². The van der Waals surface area contributed by atoms with E-state index in [1.165, 1.54) is 7.11 Å². The zero-order chi connectivity index (χ0) is 15.9. The van der Waals surface area contributed by atoms with Crippen LogP contribution in [0.4, 0.5) is 0 Å². The number of hydrogen-bond acceptors (Lipinski definition) is 5. The van der Waals surface area contributed by atoms with E-state index < -0.39 is 0 Å². The Morgan fingerprint density at radius 3 is 2.32 bits per heavy atom. The van der Waals surface area contributed by atoms with Crippen LogP contribution in [0.5, 0.6) is 0 Å². The molecule has 1 spiro atoms. The number of amides is 3. The molecule has 120 valence electrons. The van der Waals surface area contributed by atoms with Crippen LogP contribution in [0.2, 0.25) is 0 Å². The lowest BCUT2D eigenvalue weighted by molar-refractivity contribution is -0.147. The molecule has 7 nitrogen and oxygen atoms in total. The summed E-state index contributed by atoms with van der Waals surface area (Å²) in [5.74, 6) is -0.905. The van der Waals surface area contributed by atoms with Gasteiger partial charge in [0.1, 0.15) is 6.54 Å². The van der Waals surface area contributed by atoms with Gasteiger partial charge < -0.3 is 9.64 Å².